The summed E-state index contributed by atoms with van der Waals surface area (Å²) in [5.74, 6) is -0.858. The Morgan fingerprint density at radius 1 is 1.23 bits per heavy atom. The van der Waals surface area contributed by atoms with Gasteiger partial charge in [0.25, 0.3) is 0 Å². The van der Waals surface area contributed by atoms with Crippen LogP contribution < -0.4 is 0 Å². The predicted molar refractivity (Wildman–Crippen MR) is 112 cm³/mol. The number of rotatable bonds is 4. The Morgan fingerprint density at radius 3 is 2.58 bits per heavy atom. The maximum atomic E-state index is 13.0. The van der Waals surface area contributed by atoms with Crippen molar-refractivity contribution >= 4 is 17.5 Å². The average Bonchev–Trinajstić information content (AvgIpc) is 3.35. The zero-order valence-corrected chi connectivity index (χ0v) is 19.0. The van der Waals surface area contributed by atoms with Crippen LogP contribution in [0.4, 0.5) is 0 Å². The molecule has 170 valence electrons. The number of carbonyl (C=O) groups excluding carboxylic acids is 2. The van der Waals surface area contributed by atoms with Gasteiger partial charge >= 0.3 is 5.97 Å². The molecular formula is C25H34O6. The third-order valence-corrected chi connectivity index (χ3v) is 10.7. The van der Waals surface area contributed by atoms with Crippen molar-refractivity contribution in [1.82, 2.24) is 0 Å². The van der Waals surface area contributed by atoms with Crippen LogP contribution in [0.2, 0.25) is 0 Å². The van der Waals surface area contributed by atoms with Gasteiger partial charge in [-0.2, -0.15) is 0 Å². The predicted octanol–water partition coefficient (Wildman–Crippen LogP) is 3.45. The number of fused-ring (bicyclic) bond motifs is 3. The van der Waals surface area contributed by atoms with Crippen molar-refractivity contribution in [3.05, 3.63) is 11.6 Å². The van der Waals surface area contributed by atoms with Crippen LogP contribution in [0.15, 0.2) is 11.6 Å². The number of hydrogen-bond donors (Lipinski definition) is 2. The molecule has 1 saturated heterocycles. The average molecular weight is 431 g/mol. The van der Waals surface area contributed by atoms with Crippen molar-refractivity contribution in [2.75, 3.05) is 0 Å². The lowest BCUT2D eigenvalue weighted by Gasteiger charge is -2.64. The lowest BCUT2D eigenvalue weighted by atomic mass is 9.37. The Morgan fingerprint density at radius 2 is 1.94 bits per heavy atom. The van der Waals surface area contributed by atoms with Crippen LogP contribution in [0.1, 0.15) is 79.1 Å². The fourth-order valence-electron chi connectivity index (χ4n) is 9.07. The van der Waals surface area contributed by atoms with Gasteiger partial charge in [-0.05, 0) is 57.4 Å². The molecule has 5 aliphatic rings. The highest BCUT2D eigenvalue weighted by atomic mass is 16.6. The van der Waals surface area contributed by atoms with E-state index in [4.69, 9.17) is 4.74 Å². The summed E-state index contributed by atoms with van der Waals surface area (Å²) in [6.07, 6.45) is 5.67. The molecule has 6 heteroatoms. The Balaban J connectivity index is 1.64. The number of aliphatic hydroxyl groups is 1. The molecule has 1 spiro atoms. The van der Waals surface area contributed by atoms with Gasteiger partial charge in [-0.1, -0.05) is 26.3 Å². The van der Waals surface area contributed by atoms with Crippen LogP contribution in [0.5, 0.6) is 0 Å². The van der Waals surface area contributed by atoms with Crippen molar-refractivity contribution in [3.8, 4) is 0 Å². The van der Waals surface area contributed by atoms with E-state index in [1.54, 1.807) is 13.0 Å². The van der Waals surface area contributed by atoms with Gasteiger partial charge in [0.15, 0.2) is 5.78 Å². The van der Waals surface area contributed by atoms with Gasteiger partial charge < -0.3 is 14.9 Å². The zero-order chi connectivity index (χ0) is 22.6. The van der Waals surface area contributed by atoms with E-state index in [-0.39, 0.29) is 47.8 Å². The number of carbonyl (C=O) groups is 3. The Bertz CT molecular complexity index is 923. The number of aliphatic carboxylic acids is 1. The highest BCUT2D eigenvalue weighted by Crippen LogP contribution is 2.82. The van der Waals surface area contributed by atoms with Gasteiger partial charge in [0.05, 0.1) is 11.7 Å². The largest absolute Gasteiger partial charge is 0.481 e. The first-order chi connectivity index (χ1) is 14.4. The van der Waals surface area contributed by atoms with Crippen molar-refractivity contribution < 1.29 is 29.3 Å². The lowest BCUT2D eigenvalue weighted by molar-refractivity contribution is -0.175. The summed E-state index contributed by atoms with van der Waals surface area (Å²) in [6, 6.07) is 0. The molecule has 1 heterocycles. The Hall–Kier alpha value is -1.53. The van der Waals surface area contributed by atoms with Crippen LogP contribution >= 0.6 is 0 Å². The Kier molecular flexibility index (Phi) is 4.18. The molecule has 1 unspecified atom stereocenters. The van der Waals surface area contributed by atoms with E-state index in [1.807, 2.05) is 0 Å². The minimum atomic E-state index is -1.07. The standard InChI is InChI=1S/C25H34O6/c1-14(26)17-12-15-11-16(27)5-8-21(15,2)25-19(31-25)13-22(3)18(23(17,25)4)6-9-24(22,30)10-7-20(28)29/h11,17-19,30H,5-10,12-13H2,1-4H3,(H,28,29)/t17-,18+,19+,21-,22-,23-,24+,25?/m0/s1. The van der Waals surface area contributed by atoms with Gasteiger partial charge in [0.1, 0.15) is 11.4 Å². The number of ketones is 2. The molecule has 0 aromatic carbocycles. The number of carboxylic acids is 1. The first kappa shape index (κ1) is 21.3. The quantitative estimate of drug-likeness (QED) is 0.662. The first-order valence-electron chi connectivity index (χ1n) is 11.7. The number of ether oxygens (including phenoxy) is 1. The summed E-state index contributed by atoms with van der Waals surface area (Å²) in [7, 11) is 0. The van der Waals surface area contributed by atoms with E-state index in [9.17, 15) is 24.6 Å². The van der Waals surface area contributed by atoms with Gasteiger partial charge in [0, 0.05) is 35.0 Å². The van der Waals surface area contributed by atoms with Crippen LogP contribution in [0, 0.1) is 28.1 Å². The minimum absolute atomic E-state index is 0.0578. The molecule has 0 radical (unpaired) electrons. The van der Waals surface area contributed by atoms with Crippen LogP contribution in [-0.2, 0) is 19.1 Å². The Labute approximate surface area is 183 Å². The van der Waals surface area contributed by atoms with Gasteiger partial charge in [-0.25, -0.2) is 0 Å². The van der Waals surface area contributed by atoms with Crippen LogP contribution in [0.25, 0.3) is 0 Å². The minimum Gasteiger partial charge on any atom is -0.481 e. The molecule has 0 amide bonds. The molecule has 4 aliphatic carbocycles. The maximum Gasteiger partial charge on any atom is 0.303 e. The third kappa shape index (κ3) is 2.28. The molecule has 8 atom stereocenters. The highest BCUT2D eigenvalue weighted by molar-refractivity contribution is 5.92. The molecule has 2 N–H and O–H groups in total. The number of carboxylic acid groups (broad SMARTS) is 1. The molecule has 3 saturated carbocycles. The molecule has 31 heavy (non-hydrogen) atoms. The topological polar surface area (TPSA) is 104 Å². The summed E-state index contributed by atoms with van der Waals surface area (Å²) in [6.45, 7) is 8.15. The van der Waals surface area contributed by atoms with E-state index in [0.29, 0.717) is 25.7 Å². The van der Waals surface area contributed by atoms with E-state index < -0.39 is 28.0 Å². The highest BCUT2D eigenvalue weighted by Gasteiger charge is 2.86. The second kappa shape index (κ2) is 6.07. The number of epoxide rings is 1. The molecular weight excluding hydrogens is 396 g/mol. The molecule has 0 bridgehead atoms. The molecule has 5 rings (SSSR count). The summed E-state index contributed by atoms with van der Waals surface area (Å²) in [5, 5.41) is 21.0. The molecule has 0 aromatic rings. The molecule has 0 aromatic heterocycles. The molecule has 4 fully saturated rings. The number of hydrogen-bond acceptors (Lipinski definition) is 5. The summed E-state index contributed by atoms with van der Waals surface area (Å²) in [5.41, 5.74) is -1.75. The smallest absolute Gasteiger partial charge is 0.303 e. The third-order valence-electron chi connectivity index (χ3n) is 10.7. The van der Waals surface area contributed by atoms with E-state index in [0.717, 1.165) is 18.4 Å². The van der Waals surface area contributed by atoms with Crippen LogP contribution in [-0.4, -0.2) is 45.1 Å². The fraction of sp³-hybridized carbons (Fsp3) is 0.800. The second-order valence-electron chi connectivity index (χ2n) is 11.6. The summed E-state index contributed by atoms with van der Waals surface area (Å²) in [4.78, 5) is 36.6. The normalized spacial score (nSPS) is 52.4. The molecule has 1 aliphatic heterocycles. The summed E-state index contributed by atoms with van der Waals surface area (Å²) < 4.78 is 6.65. The van der Waals surface area contributed by atoms with Crippen molar-refractivity contribution in [2.24, 2.45) is 28.1 Å². The van der Waals surface area contributed by atoms with Gasteiger partial charge in [-0.3, -0.25) is 14.4 Å². The lowest BCUT2D eigenvalue weighted by Crippen LogP contribution is -2.68. The maximum absolute atomic E-state index is 13.0. The van der Waals surface area contributed by atoms with Crippen molar-refractivity contribution in [3.63, 3.8) is 0 Å². The van der Waals surface area contributed by atoms with E-state index >= 15 is 0 Å². The monoisotopic (exact) mass is 430 g/mol. The summed E-state index contributed by atoms with van der Waals surface area (Å²) >= 11 is 0. The SMILES string of the molecule is CC(=O)[C@@H]1CC2=CC(=O)CC[C@]2(C)C23O[C@@H]2C[C@@]2(C)[C@@H](CC[C@@]2(O)CCC(=O)O)[C@]13C. The van der Waals surface area contributed by atoms with Gasteiger partial charge in [0.2, 0.25) is 0 Å². The zero-order valence-electron chi connectivity index (χ0n) is 19.0. The van der Waals surface area contributed by atoms with Crippen molar-refractivity contribution in [1.29, 1.82) is 0 Å². The van der Waals surface area contributed by atoms with Crippen molar-refractivity contribution in [2.45, 2.75) is 96.4 Å². The van der Waals surface area contributed by atoms with E-state index in [2.05, 4.69) is 20.8 Å². The number of Topliss-reactive ketones (excluding diaryl/α,β-unsaturated/α-hetero) is 1. The first-order valence-corrected chi connectivity index (χ1v) is 11.7. The van der Waals surface area contributed by atoms with E-state index in [1.165, 1.54) is 0 Å². The molecule has 6 nitrogen and oxygen atoms in total. The van der Waals surface area contributed by atoms with Gasteiger partial charge in [-0.15, -0.1) is 0 Å². The second-order valence-corrected chi connectivity index (χ2v) is 11.6. The fourth-order valence-corrected chi connectivity index (χ4v) is 9.07. The van der Waals surface area contributed by atoms with Crippen LogP contribution in [0.3, 0.4) is 0 Å².